The first-order valence-electron chi connectivity index (χ1n) is 7.83. The molecule has 0 saturated carbocycles. The van der Waals surface area contributed by atoms with E-state index in [2.05, 4.69) is 30.1 Å². The first-order valence-corrected chi connectivity index (χ1v) is 7.83. The summed E-state index contributed by atoms with van der Waals surface area (Å²) in [4.78, 5) is 2.55. The van der Waals surface area contributed by atoms with E-state index in [9.17, 15) is 0 Å². The third kappa shape index (κ3) is 4.11. The number of hydrogen-bond acceptors (Lipinski definition) is 4. The second-order valence-electron chi connectivity index (χ2n) is 5.94. The van der Waals surface area contributed by atoms with E-state index in [1.165, 1.54) is 25.9 Å². The average Bonchev–Trinajstić information content (AvgIpc) is 2.52. The Morgan fingerprint density at radius 2 is 1.90 bits per heavy atom. The van der Waals surface area contributed by atoms with Crippen molar-refractivity contribution in [3.8, 4) is 11.5 Å². The average molecular weight is 292 g/mol. The molecule has 21 heavy (non-hydrogen) atoms. The molecule has 1 fully saturated rings. The third-order valence-corrected chi connectivity index (χ3v) is 4.33. The van der Waals surface area contributed by atoms with Gasteiger partial charge in [-0.2, -0.15) is 0 Å². The molecule has 1 aromatic carbocycles. The highest BCUT2D eigenvalue weighted by Crippen LogP contribution is 2.30. The van der Waals surface area contributed by atoms with Crippen LogP contribution in [0.5, 0.6) is 11.5 Å². The number of benzene rings is 1. The molecule has 0 aromatic heterocycles. The van der Waals surface area contributed by atoms with Gasteiger partial charge < -0.3 is 19.7 Å². The van der Waals surface area contributed by atoms with Gasteiger partial charge in [0.2, 0.25) is 0 Å². The summed E-state index contributed by atoms with van der Waals surface area (Å²) in [6, 6.07) is 7.29. The van der Waals surface area contributed by atoms with Crippen molar-refractivity contribution in [2.24, 2.45) is 0 Å². The van der Waals surface area contributed by atoms with Crippen LogP contribution in [0, 0.1) is 0 Å². The van der Waals surface area contributed by atoms with Crippen molar-refractivity contribution in [3.05, 3.63) is 23.8 Å². The molecule has 1 N–H and O–H groups in total. The molecule has 118 valence electrons. The van der Waals surface area contributed by atoms with Gasteiger partial charge in [0, 0.05) is 24.2 Å². The highest BCUT2D eigenvalue weighted by Gasteiger charge is 2.20. The lowest BCUT2D eigenvalue weighted by atomic mass is 10.0. The lowest BCUT2D eigenvalue weighted by molar-refractivity contribution is 0.160. The van der Waals surface area contributed by atoms with Gasteiger partial charge in [-0.1, -0.05) is 12.1 Å². The summed E-state index contributed by atoms with van der Waals surface area (Å²) in [7, 11) is 3.37. The van der Waals surface area contributed by atoms with Gasteiger partial charge in [0.05, 0.1) is 14.2 Å². The van der Waals surface area contributed by atoms with Crippen LogP contribution in [0.25, 0.3) is 0 Å². The van der Waals surface area contributed by atoms with Crippen molar-refractivity contribution in [2.75, 3.05) is 27.3 Å². The number of methoxy groups -OCH3 is 2. The van der Waals surface area contributed by atoms with Crippen molar-refractivity contribution in [1.29, 1.82) is 0 Å². The number of likely N-dealkylation sites (tertiary alicyclic amines) is 1. The summed E-state index contributed by atoms with van der Waals surface area (Å²) in [6.45, 7) is 7.74. The fourth-order valence-electron chi connectivity index (χ4n) is 2.97. The molecule has 0 spiro atoms. The Labute approximate surface area is 128 Å². The summed E-state index contributed by atoms with van der Waals surface area (Å²) >= 11 is 0. The molecule has 0 radical (unpaired) electrons. The van der Waals surface area contributed by atoms with E-state index >= 15 is 0 Å². The van der Waals surface area contributed by atoms with Crippen molar-refractivity contribution >= 4 is 0 Å². The Kier molecular flexibility index (Phi) is 5.88. The van der Waals surface area contributed by atoms with Crippen LogP contribution < -0.4 is 14.8 Å². The van der Waals surface area contributed by atoms with Gasteiger partial charge >= 0.3 is 0 Å². The monoisotopic (exact) mass is 292 g/mol. The zero-order valence-electron chi connectivity index (χ0n) is 13.7. The van der Waals surface area contributed by atoms with Gasteiger partial charge in [0.1, 0.15) is 0 Å². The van der Waals surface area contributed by atoms with E-state index in [0.717, 1.165) is 23.6 Å². The molecule has 1 heterocycles. The van der Waals surface area contributed by atoms with E-state index < -0.39 is 0 Å². The summed E-state index contributed by atoms with van der Waals surface area (Å²) in [5.41, 5.74) is 1.16. The zero-order valence-corrected chi connectivity index (χ0v) is 13.7. The molecular weight excluding hydrogens is 264 g/mol. The molecule has 1 aliphatic rings. The van der Waals surface area contributed by atoms with Crippen LogP contribution in [0.3, 0.4) is 0 Å². The van der Waals surface area contributed by atoms with Gasteiger partial charge in [-0.05, 0) is 45.8 Å². The van der Waals surface area contributed by atoms with Crippen molar-refractivity contribution in [2.45, 2.75) is 45.3 Å². The maximum atomic E-state index is 5.48. The van der Waals surface area contributed by atoms with E-state index in [-0.39, 0.29) is 0 Å². The molecule has 1 aromatic rings. The number of piperidine rings is 1. The maximum Gasteiger partial charge on any atom is 0.165 e. The van der Waals surface area contributed by atoms with Gasteiger partial charge in [-0.25, -0.2) is 0 Å². The quantitative estimate of drug-likeness (QED) is 0.874. The maximum absolute atomic E-state index is 5.48. The second-order valence-corrected chi connectivity index (χ2v) is 5.94. The molecule has 4 heteroatoms. The van der Waals surface area contributed by atoms with Gasteiger partial charge in [-0.3, -0.25) is 0 Å². The number of para-hydroxylation sites is 1. The standard InChI is InChI=1S/C17H28N2O2/c1-13(2)19-10-8-15(9-11-19)18-12-14-6-5-7-16(20-3)17(14)21-4/h5-7,13,15,18H,8-12H2,1-4H3. The smallest absolute Gasteiger partial charge is 0.165 e. The van der Waals surface area contributed by atoms with Crippen LogP contribution in [0.2, 0.25) is 0 Å². The Hall–Kier alpha value is -1.26. The molecular formula is C17H28N2O2. The zero-order chi connectivity index (χ0) is 15.2. The minimum atomic E-state index is 0.593. The van der Waals surface area contributed by atoms with Crippen LogP contribution in [-0.4, -0.2) is 44.3 Å². The van der Waals surface area contributed by atoms with E-state index in [1.54, 1.807) is 14.2 Å². The molecule has 0 unspecified atom stereocenters. The minimum Gasteiger partial charge on any atom is -0.493 e. The third-order valence-electron chi connectivity index (χ3n) is 4.33. The fourth-order valence-corrected chi connectivity index (χ4v) is 2.97. The van der Waals surface area contributed by atoms with Crippen LogP contribution in [-0.2, 0) is 6.54 Å². The number of ether oxygens (including phenoxy) is 2. The lowest BCUT2D eigenvalue weighted by Gasteiger charge is -2.35. The predicted octanol–water partition coefficient (Wildman–Crippen LogP) is 2.67. The minimum absolute atomic E-state index is 0.593. The van der Waals surface area contributed by atoms with Gasteiger partial charge in [0.25, 0.3) is 0 Å². The molecule has 1 aliphatic heterocycles. The molecule has 1 saturated heterocycles. The molecule has 0 amide bonds. The molecule has 0 aliphatic carbocycles. The largest absolute Gasteiger partial charge is 0.493 e. The predicted molar refractivity (Wildman–Crippen MR) is 86.1 cm³/mol. The van der Waals surface area contributed by atoms with E-state index in [1.807, 2.05) is 12.1 Å². The Morgan fingerprint density at radius 3 is 2.48 bits per heavy atom. The molecule has 0 atom stereocenters. The number of nitrogens with zero attached hydrogens (tertiary/aromatic N) is 1. The lowest BCUT2D eigenvalue weighted by Crippen LogP contribution is -2.44. The highest BCUT2D eigenvalue weighted by molar-refractivity contribution is 5.46. The first kappa shape index (κ1) is 16.1. The second kappa shape index (κ2) is 7.66. The van der Waals surface area contributed by atoms with Crippen molar-refractivity contribution in [3.63, 3.8) is 0 Å². The Balaban J connectivity index is 1.89. The molecule has 0 bridgehead atoms. The fraction of sp³-hybridized carbons (Fsp3) is 0.647. The Bertz CT molecular complexity index is 440. The van der Waals surface area contributed by atoms with Crippen LogP contribution in [0.15, 0.2) is 18.2 Å². The summed E-state index contributed by atoms with van der Waals surface area (Å²) in [5, 5.41) is 3.66. The van der Waals surface area contributed by atoms with Crippen molar-refractivity contribution in [1.82, 2.24) is 10.2 Å². The van der Waals surface area contributed by atoms with Gasteiger partial charge in [0.15, 0.2) is 11.5 Å². The number of hydrogen-bond donors (Lipinski definition) is 1. The SMILES string of the molecule is COc1cccc(CNC2CCN(C(C)C)CC2)c1OC. The van der Waals surface area contributed by atoms with Crippen molar-refractivity contribution < 1.29 is 9.47 Å². The Morgan fingerprint density at radius 1 is 1.19 bits per heavy atom. The van der Waals surface area contributed by atoms with E-state index in [0.29, 0.717) is 12.1 Å². The summed E-state index contributed by atoms with van der Waals surface area (Å²) in [5.74, 6) is 1.64. The van der Waals surface area contributed by atoms with Crippen LogP contribution >= 0.6 is 0 Å². The van der Waals surface area contributed by atoms with Gasteiger partial charge in [-0.15, -0.1) is 0 Å². The number of rotatable bonds is 6. The summed E-state index contributed by atoms with van der Waals surface area (Å²) < 4.78 is 10.8. The normalized spacial score (nSPS) is 17.2. The molecule has 4 nitrogen and oxygen atoms in total. The van der Waals surface area contributed by atoms with Crippen LogP contribution in [0.1, 0.15) is 32.3 Å². The van der Waals surface area contributed by atoms with Crippen LogP contribution in [0.4, 0.5) is 0 Å². The van der Waals surface area contributed by atoms with E-state index in [4.69, 9.17) is 9.47 Å². The topological polar surface area (TPSA) is 33.7 Å². The molecule has 2 rings (SSSR count). The highest BCUT2D eigenvalue weighted by atomic mass is 16.5. The summed E-state index contributed by atoms with van der Waals surface area (Å²) in [6.07, 6.45) is 2.43. The number of nitrogens with one attached hydrogen (secondary N) is 1. The first-order chi connectivity index (χ1) is 10.2.